The van der Waals surface area contributed by atoms with Gasteiger partial charge in [0.2, 0.25) is 0 Å². The maximum absolute atomic E-state index is 7.76. The molecule has 2 aliphatic rings. The number of benzene rings is 5. The van der Waals surface area contributed by atoms with Gasteiger partial charge in [-0.15, -0.1) is 0 Å². The largest absolute Gasteiger partial charge is 0.493 e. The summed E-state index contributed by atoms with van der Waals surface area (Å²) in [5, 5.41) is 2.02. The van der Waals surface area contributed by atoms with Gasteiger partial charge in [0.25, 0.3) is 0 Å². The van der Waals surface area contributed by atoms with Gasteiger partial charge in [-0.3, -0.25) is 0 Å². The molecule has 0 aromatic heterocycles. The lowest BCUT2D eigenvalue weighted by atomic mass is 9.71. The van der Waals surface area contributed by atoms with E-state index in [9.17, 15) is 0 Å². The van der Waals surface area contributed by atoms with Crippen molar-refractivity contribution in [1.29, 1.82) is 0 Å². The number of nitrogens with zero attached hydrogens (tertiary/aromatic N) is 1. The first kappa shape index (κ1) is 26.9. The van der Waals surface area contributed by atoms with E-state index in [1.54, 1.807) is 14.2 Å². The zero-order chi connectivity index (χ0) is 29.8. The highest BCUT2D eigenvalue weighted by Crippen LogP contribution is 2.61. The summed E-state index contributed by atoms with van der Waals surface area (Å²) >= 11 is 0. The summed E-state index contributed by atoms with van der Waals surface area (Å²) in [5.74, 6) is 2.15. The first-order valence-electron chi connectivity index (χ1n) is 14.8. The average Bonchev–Trinajstić information content (AvgIpc) is 3.38. The third-order valence-corrected chi connectivity index (χ3v) is 9.56. The molecule has 1 heterocycles. The van der Waals surface area contributed by atoms with Crippen LogP contribution in [0, 0.1) is 6.57 Å². The normalized spacial score (nSPS) is 15.1. The first-order chi connectivity index (χ1) is 21.0. The SMILES string of the molecule is [C-]#[N+]c1ccc2c(c1)C(CC)(CC)c1c3c(c4cc(OC)c(OC)cc4c1-2)OC(c1ccccc1)(c1ccccc1)C=C3. The van der Waals surface area contributed by atoms with Crippen LogP contribution in [0.2, 0.25) is 0 Å². The number of hydrogen-bond donors (Lipinski definition) is 0. The predicted molar refractivity (Wildman–Crippen MR) is 173 cm³/mol. The van der Waals surface area contributed by atoms with Crippen molar-refractivity contribution in [3.63, 3.8) is 0 Å². The van der Waals surface area contributed by atoms with E-state index in [0.717, 1.165) is 46.1 Å². The summed E-state index contributed by atoms with van der Waals surface area (Å²) in [4.78, 5) is 3.81. The van der Waals surface area contributed by atoms with E-state index in [1.165, 1.54) is 22.3 Å². The minimum atomic E-state index is -0.826. The van der Waals surface area contributed by atoms with Crippen LogP contribution in [0.4, 0.5) is 5.69 Å². The van der Waals surface area contributed by atoms with Gasteiger partial charge >= 0.3 is 0 Å². The maximum Gasteiger partial charge on any atom is 0.187 e. The number of rotatable bonds is 6. The molecule has 5 aromatic rings. The Kier molecular flexibility index (Phi) is 6.29. The van der Waals surface area contributed by atoms with E-state index in [4.69, 9.17) is 20.8 Å². The first-order valence-corrected chi connectivity index (χ1v) is 14.8. The van der Waals surface area contributed by atoms with E-state index in [1.807, 2.05) is 18.2 Å². The molecule has 0 saturated heterocycles. The zero-order valence-corrected chi connectivity index (χ0v) is 24.9. The number of methoxy groups -OCH3 is 2. The standard InChI is InChI=1S/C39H33NO3/c1-6-38(7-2)32-22-27(40-3)18-19-28(32)35-30-23-33(41-4)34(42-5)24-31(30)37-29(36(35)38)20-21-39(43-37,25-14-10-8-11-15-25)26-16-12-9-13-17-26/h8-24H,6-7H2,1-2,4-5H3. The van der Waals surface area contributed by atoms with E-state index in [0.29, 0.717) is 17.2 Å². The molecule has 212 valence electrons. The van der Waals surface area contributed by atoms with E-state index < -0.39 is 5.60 Å². The Balaban J connectivity index is 1.63. The number of hydrogen-bond acceptors (Lipinski definition) is 3. The molecular formula is C39H33NO3. The number of fused-ring (bicyclic) bond motifs is 8. The van der Waals surface area contributed by atoms with Crippen molar-refractivity contribution < 1.29 is 14.2 Å². The van der Waals surface area contributed by atoms with Crippen molar-refractivity contribution in [1.82, 2.24) is 0 Å². The van der Waals surface area contributed by atoms with Gasteiger partial charge in [-0.05, 0) is 58.7 Å². The van der Waals surface area contributed by atoms with Crippen LogP contribution in [0.15, 0.2) is 97.1 Å². The summed E-state index contributed by atoms with van der Waals surface area (Å²) < 4.78 is 19.1. The smallest absolute Gasteiger partial charge is 0.187 e. The third-order valence-electron chi connectivity index (χ3n) is 9.56. The molecule has 0 radical (unpaired) electrons. The summed E-state index contributed by atoms with van der Waals surface area (Å²) in [6, 6.07) is 31.1. The van der Waals surface area contributed by atoms with Gasteiger partial charge in [-0.1, -0.05) is 98.8 Å². The van der Waals surface area contributed by atoms with Crippen molar-refractivity contribution in [2.75, 3.05) is 14.2 Å². The van der Waals surface area contributed by atoms with Crippen LogP contribution in [-0.4, -0.2) is 14.2 Å². The lowest BCUT2D eigenvalue weighted by Gasteiger charge is -2.39. The highest BCUT2D eigenvalue weighted by molar-refractivity contribution is 6.10. The molecule has 0 N–H and O–H groups in total. The van der Waals surface area contributed by atoms with Crippen LogP contribution in [0.25, 0.3) is 32.8 Å². The van der Waals surface area contributed by atoms with Crippen LogP contribution >= 0.6 is 0 Å². The van der Waals surface area contributed by atoms with Gasteiger partial charge in [-0.2, -0.15) is 0 Å². The Morgan fingerprint density at radius 1 is 0.767 bits per heavy atom. The molecule has 0 unspecified atom stereocenters. The Morgan fingerprint density at radius 2 is 1.37 bits per heavy atom. The van der Waals surface area contributed by atoms with Crippen molar-refractivity contribution in [3.05, 3.63) is 136 Å². The highest BCUT2D eigenvalue weighted by Gasteiger charge is 2.47. The topological polar surface area (TPSA) is 32.0 Å². The van der Waals surface area contributed by atoms with Crippen molar-refractivity contribution in [2.24, 2.45) is 0 Å². The van der Waals surface area contributed by atoms with Gasteiger partial charge in [0.1, 0.15) is 5.75 Å². The third kappa shape index (κ3) is 3.68. The fraction of sp³-hybridized carbons (Fsp3) is 0.205. The molecule has 0 amide bonds. The van der Waals surface area contributed by atoms with Crippen molar-refractivity contribution in [3.8, 4) is 28.4 Å². The van der Waals surface area contributed by atoms with Gasteiger partial charge in [-0.25, -0.2) is 4.85 Å². The second-order valence-electron chi connectivity index (χ2n) is 11.3. The van der Waals surface area contributed by atoms with E-state index in [-0.39, 0.29) is 5.41 Å². The van der Waals surface area contributed by atoms with Crippen LogP contribution in [0.1, 0.15) is 54.5 Å². The van der Waals surface area contributed by atoms with Gasteiger partial charge in [0.05, 0.1) is 20.8 Å². The van der Waals surface area contributed by atoms with Crippen LogP contribution in [-0.2, 0) is 11.0 Å². The van der Waals surface area contributed by atoms with E-state index >= 15 is 0 Å². The summed E-state index contributed by atoms with van der Waals surface area (Å²) in [7, 11) is 3.35. The van der Waals surface area contributed by atoms with Gasteiger partial charge in [0, 0.05) is 27.5 Å². The Labute approximate surface area is 253 Å². The molecule has 0 bridgehead atoms. The van der Waals surface area contributed by atoms with Crippen molar-refractivity contribution >= 4 is 22.5 Å². The summed E-state index contributed by atoms with van der Waals surface area (Å²) in [6.45, 7) is 12.3. The highest BCUT2D eigenvalue weighted by atomic mass is 16.5. The van der Waals surface area contributed by atoms with Gasteiger partial charge in [0.15, 0.2) is 22.8 Å². The molecule has 7 rings (SSSR count). The molecule has 1 aliphatic carbocycles. The minimum absolute atomic E-state index is 0.274. The quantitative estimate of drug-likeness (QED) is 0.193. The predicted octanol–water partition coefficient (Wildman–Crippen LogP) is 9.84. The van der Waals surface area contributed by atoms with Crippen LogP contribution < -0.4 is 14.2 Å². The second kappa shape index (κ2) is 10.1. The monoisotopic (exact) mass is 563 g/mol. The fourth-order valence-corrected chi connectivity index (χ4v) is 7.43. The molecule has 0 saturated carbocycles. The molecule has 43 heavy (non-hydrogen) atoms. The molecule has 0 fully saturated rings. The molecule has 4 heteroatoms. The van der Waals surface area contributed by atoms with E-state index in [2.05, 4.69) is 104 Å². The Hall–Kier alpha value is -5.01. The summed E-state index contributed by atoms with van der Waals surface area (Å²) in [5.41, 5.74) is 7.58. The molecular weight excluding hydrogens is 530 g/mol. The van der Waals surface area contributed by atoms with Crippen LogP contribution in [0.5, 0.6) is 17.2 Å². The fourth-order valence-electron chi connectivity index (χ4n) is 7.43. The van der Waals surface area contributed by atoms with Gasteiger partial charge < -0.3 is 14.2 Å². The molecule has 1 aliphatic heterocycles. The lowest BCUT2D eigenvalue weighted by Crippen LogP contribution is -2.35. The molecule has 5 aromatic carbocycles. The molecule has 0 spiro atoms. The lowest BCUT2D eigenvalue weighted by molar-refractivity contribution is 0.163. The molecule has 4 nitrogen and oxygen atoms in total. The minimum Gasteiger partial charge on any atom is -0.493 e. The Bertz CT molecular complexity index is 1910. The zero-order valence-electron chi connectivity index (χ0n) is 24.9. The molecule has 0 atom stereocenters. The second-order valence-corrected chi connectivity index (χ2v) is 11.3. The average molecular weight is 564 g/mol. The number of ether oxygens (including phenoxy) is 3. The summed E-state index contributed by atoms with van der Waals surface area (Å²) in [6.07, 6.45) is 6.28. The Morgan fingerprint density at radius 3 is 1.93 bits per heavy atom. The van der Waals surface area contributed by atoms with Crippen molar-refractivity contribution in [2.45, 2.75) is 37.7 Å². The van der Waals surface area contributed by atoms with Crippen LogP contribution in [0.3, 0.4) is 0 Å². The maximum atomic E-state index is 7.76.